The third-order valence-electron chi connectivity index (χ3n) is 2.39. The molecule has 0 spiro atoms. The summed E-state index contributed by atoms with van der Waals surface area (Å²) in [5.41, 5.74) is 1.05. The number of benzene rings is 1. The van der Waals surface area contributed by atoms with Crippen LogP contribution in [-0.4, -0.2) is 34.0 Å². The van der Waals surface area contributed by atoms with E-state index in [4.69, 9.17) is 25.8 Å². The van der Waals surface area contributed by atoms with Crippen molar-refractivity contribution in [2.45, 2.75) is 13.5 Å². The van der Waals surface area contributed by atoms with Crippen molar-refractivity contribution in [3.63, 3.8) is 0 Å². The van der Waals surface area contributed by atoms with Crippen LogP contribution in [0.2, 0.25) is 5.02 Å². The van der Waals surface area contributed by atoms with E-state index in [1.165, 1.54) is 0 Å². The average molecular weight is 310 g/mol. The quantitative estimate of drug-likeness (QED) is 0.750. The highest BCUT2D eigenvalue weighted by atomic mass is 35.5. The van der Waals surface area contributed by atoms with Crippen molar-refractivity contribution in [3.05, 3.63) is 22.7 Å². The highest BCUT2D eigenvalue weighted by molar-refractivity contribution is 6.32. The van der Waals surface area contributed by atoms with Gasteiger partial charge in [0.05, 0.1) is 25.3 Å². The Kier molecular flexibility index (Phi) is 9.79. The Balaban J connectivity index is 0.00000324. The molecular weight excluding hydrogens is 289 g/mol. The molecule has 0 fully saturated rings. The number of halogens is 2. The van der Waals surface area contributed by atoms with Crippen molar-refractivity contribution in [1.82, 2.24) is 5.32 Å². The first-order valence-corrected chi connectivity index (χ1v) is 6.29. The number of rotatable bonds is 8. The van der Waals surface area contributed by atoms with Crippen molar-refractivity contribution in [1.29, 1.82) is 0 Å². The van der Waals surface area contributed by atoms with E-state index in [2.05, 4.69) is 5.32 Å². The van der Waals surface area contributed by atoms with Crippen LogP contribution in [0.25, 0.3) is 0 Å². The second-order valence-electron chi connectivity index (χ2n) is 3.71. The van der Waals surface area contributed by atoms with Crippen LogP contribution in [-0.2, 0) is 11.3 Å². The van der Waals surface area contributed by atoms with Crippen molar-refractivity contribution in [2.24, 2.45) is 0 Å². The van der Waals surface area contributed by atoms with E-state index in [1.54, 1.807) is 14.2 Å². The maximum atomic E-state index is 6.17. The molecule has 1 aromatic carbocycles. The molecule has 0 aliphatic heterocycles. The van der Waals surface area contributed by atoms with Crippen LogP contribution in [0.1, 0.15) is 12.5 Å². The van der Waals surface area contributed by atoms with Gasteiger partial charge in [0.1, 0.15) is 0 Å². The molecule has 0 aliphatic rings. The zero-order valence-corrected chi connectivity index (χ0v) is 13.1. The second kappa shape index (κ2) is 10.1. The van der Waals surface area contributed by atoms with Crippen molar-refractivity contribution in [3.8, 4) is 11.5 Å². The van der Waals surface area contributed by atoms with Crippen LogP contribution in [0.5, 0.6) is 11.5 Å². The fourth-order valence-corrected chi connectivity index (χ4v) is 1.85. The Morgan fingerprint density at radius 1 is 1.26 bits per heavy atom. The smallest absolute Gasteiger partial charge is 0.179 e. The summed E-state index contributed by atoms with van der Waals surface area (Å²) in [5, 5.41) is 3.82. The summed E-state index contributed by atoms with van der Waals surface area (Å²) >= 11 is 6.17. The zero-order chi connectivity index (χ0) is 13.4. The Hall–Kier alpha value is -0.680. The summed E-state index contributed by atoms with van der Waals surface area (Å²) in [6.07, 6.45) is 0. The van der Waals surface area contributed by atoms with Gasteiger partial charge in [0.15, 0.2) is 11.5 Å². The van der Waals surface area contributed by atoms with Gasteiger partial charge in [-0.25, -0.2) is 0 Å². The van der Waals surface area contributed by atoms with Crippen molar-refractivity contribution >= 4 is 24.0 Å². The van der Waals surface area contributed by atoms with E-state index in [0.717, 1.165) is 12.1 Å². The molecule has 0 unspecified atom stereocenters. The summed E-state index contributed by atoms with van der Waals surface area (Å²) < 4.78 is 15.7. The Morgan fingerprint density at radius 3 is 2.58 bits per heavy atom. The Morgan fingerprint density at radius 2 is 2.00 bits per heavy atom. The molecule has 110 valence electrons. The minimum Gasteiger partial charge on any atom is -0.493 e. The highest BCUT2D eigenvalue weighted by Gasteiger charge is 2.11. The van der Waals surface area contributed by atoms with Gasteiger partial charge < -0.3 is 19.5 Å². The number of hydrogen-bond donors (Lipinski definition) is 1. The number of hydrogen-bond acceptors (Lipinski definition) is 4. The molecule has 0 saturated heterocycles. The lowest BCUT2D eigenvalue weighted by atomic mass is 10.2. The van der Waals surface area contributed by atoms with E-state index in [9.17, 15) is 0 Å². The molecule has 0 atom stereocenters. The molecule has 0 saturated carbocycles. The molecule has 1 N–H and O–H groups in total. The van der Waals surface area contributed by atoms with Crippen LogP contribution in [0.3, 0.4) is 0 Å². The number of ether oxygens (including phenoxy) is 3. The first-order valence-electron chi connectivity index (χ1n) is 5.91. The first kappa shape index (κ1) is 18.3. The number of methoxy groups -OCH3 is 2. The van der Waals surface area contributed by atoms with E-state index in [1.807, 2.05) is 19.1 Å². The molecule has 0 amide bonds. The van der Waals surface area contributed by atoms with Gasteiger partial charge in [-0.1, -0.05) is 11.6 Å². The van der Waals surface area contributed by atoms with Gasteiger partial charge >= 0.3 is 0 Å². The summed E-state index contributed by atoms with van der Waals surface area (Å²) in [6, 6.07) is 3.81. The van der Waals surface area contributed by atoms with Gasteiger partial charge in [0.2, 0.25) is 0 Å². The third-order valence-corrected chi connectivity index (χ3v) is 2.67. The minimum absolute atomic E-state index is 0. The van der Waals surface area contributed by atoms with Crippen LogP contribution in [0.15, 0.2) is 12.1 Å². The Bertz CT molecular complexity index is 375. The van der Waals surface area contributed by atoms with E-state index in [0.29, 0.717) is 36.3 Å². The molecule has 1 aromatic rings. The third kappa shape index (κ3) is 5.87. The van der Waals surface area contributed by atoms with Crippen LogP contribution >= 0.6 is 24.0 Å². The summed E-state index contributed by atoms with van der Waals surface area (Å²) in [6.45, 7) is 4.66. The summed E-state index contributed by atoms with van der Waals surface area (Å²) in [7, 11) is 3.29. The maximum Gasteiger partial charge on any atom is 0.179 e. The lowest BCUT2D eigenvalue weighted by molar-refractivity contribution is 0.199. The maximum absolute atomic E-state index is 6.17. The molecule has 6 heteroatoms. The fourth-order valence-electron chi connectivity index (χ4n) is 1.57. The molecule has 19 heavy (non-hydrogen) atoms. The van der Waals surface area contributed by atoms with Crippen molar-refractivity contribution < 1.29 is 14.2 Å². The largest absolute Gasteiger partial charge is 0.493 e. The predicted octanol–water partition coefficient (Wildman–Crippen LogP) is 2.91. The van der Waals surface area contributed by atoms with Crippen LogP contribution in [0, 0.1) is 0 Å². The Labute approximate surface area is 125 Å². The van der Waals surface area contributed by atoms with Crippen LogP contribution in [0.4, 0.5) is 0 Å². The van der Waals surface area contributed by atoms with Gasteiger partial charge in [0.25, 0.3) is 0 Å². The molecule has 0 bridgehead atoms. The molecule has 0 heterocycles. The SMILES string of the molecule is CCOc1c(Cl)cc(CNCCOC)cc1OC.Cl. The monoisotopic (exact) mass is 309 g/mol. The number of nitrogens with one attached hydrogen (secondary N) is 1. The van der Waals surface area contributed by atoms with E-state index < -0.39 is 0 Å². The minimum atomic E-state index is 0. The average Bonchev–Trinajstić information content (AvgIpc) is 2.37. The molecule has 0 aromatic heterocycles. The van der Waals surface area contributed by atoms with Gasteiger partial charge in [-0.15, -0.1) is 12.4 Å². The normalized spacial score (nSPS) is 9.89. The summed E-state index contributed by atoms with van der Waals surface area (Å²) in [4.78, 5) is 0. The summed E-state index contributed by atoms with van der Waals surface area (Å²) in [5.74, 6) is 1.26. The second-order valence-corrected chi connectivity index (χ2v) is 4.12. The van der Waals surface area contributed by atoms with Crippen molar-refractivity contribution in [2.75, 3.05) is 34.0 Å². The molecule has 0 aliphatic carbocycles. The lowest BCUT2D eigenvalue weighted by Gasteiger charge is -2.13. The van der Waals surface area contributed by atoms with E-state index in [-0.39, 0.29) is 12.4 Å². The zero-order valence-electron chi connectivity index (χ0n) is 11.5. The topological polar surface area (TPSA) is 39.7 Å². The molecule has 4 nitrogen and oxygen atoms in total. The standard InChI is InChI=1S/C13H20ClNO3.ClH/c1-4-18-13-11(14)7-10(8-12(13)17-3)9-15-5-6-16-2;/h7-8,15H,4-6,9H2,1-3H3;1H. The lowest BCUT2D eigenvalue weighted by Crippen LogP contribution is -2.18. The van der Waals surface area contributed by atoms with Gasteiger partial charge in [-0.05, 0) is 24.6 Å². The first-order chi connectivity index (χ1) is 8.72. The van der Waals surface area contributed by atoms with Gasteiger partial charge in [-0.2, -0.15) is 0 Å². The predicted molar refractivity (Wildman–Crippen MR) is 80.0 cm³/mol. The molecule has 1 rings (SSSR count). The van der Waals surface area contributed by atoms with Gasteiger partial charge in [-0.3, -0.25) is 0 Å². The van der Waals surface area contributed by atoms with Crippen LogP contribution < -0.4 is 14.8 Å². The highest BCUT2D eigenvalue weighted by Crippen LogP contribution is 2.36. The van der Waals surface area contributed by atoms with Gasteiger partial charge in [0, 0.05) is 20.2 Å². The molecular formula is C13H21Cl2NO3. The fraction of sp³-hybridized carbons (Fsp3) is 0.538. The molecule has 0 radical (unpaired) electrons. The van der Waals surface area contributed by atoms with E-state index >= 15 is 0 Å².